The maximum atomic E-state index is 15.3. The Bertz CT molecular complexity index is 6980. The number of nitriles is 2. The molecule has 42 nitrogen and oxygen atoms in total. The van der Waals surface area contributed by atoms with Gasteiger partial charge in [0.15, 0.2) is 0 Å². The van der Waals surface area contributed by atoms with Gasteiger partial charge in [-0.3, -0.25) is 0 Å². The van der Waals surface area contributed by atoms with E-state index in [4.69, 9.17) is 132 Å². The van der Waals surface area contributed by atoms with Gasteiger partial charge < -0.3 is 140 Å². The summed E-state index contributed by atoms with van der Waals surface area (Å²) in [6.45, 7) is 6.28. The molecule has 0 amide bonds. The predicted molar refractivity (Wildman–Crippen MR) is 532 cm³/mol. The monoisotopic (exact) mass is 2170 g/mol. The first kappa shape index (κ1) is 118. The van der Waals surface area contributed by atoms with Crippen LogP contribution in [0.2, 0.25) is 0 Å². The molecule has 0 bridgehead atoms. The van der Waals surface area contributed by atoms with Crippen molar-refractivity contribution in [3.8, 4) is 92.0 Å². The van der Waals surface area contributed by atoms with E-state index in [1.165, 1.54) is 13.8 Å². The first-order chi connectivity index (χ1) is 67.6. The van der Waals surface area contributed by atoms with Gasteiger partial charge in [0.05, 0.1) is 109 Å². The predicted octanol–water partition coefficient (Wildman–Crippen LogP) is 17.7. The fourth-order valence-electron chi connectivity index (χ4n) is 15.5. The minimum atomic E-state index is -1.75. The topological polar surface area (TPSA) is 664 Å². The van der Waals surface area contributed by atoms with Crippen molar-refractivity contribution in [2.45, 2.75) is 53.1 Å². The summed E-state index contributed by atoms with van der Waals surface area (Å²) in [6, 6.07) is 122. The summed E-state index contributed by atoms with van der Waals surface area (Å²) in [6.07, 6.45) is 0. The third-order valence-corrected chi connectivity index (χ3v) is 20.7. The van der Waals surface area contributed by atoms with Crippen LogP contribution in [-0.2, 0) is 118 Å². The van der Waals surface area contributed by atoms with Gasteiger partial charge in [-0.25, -0.2) is 29.9 Å². The molecular formula is C100H82Cu4N20O22+2. The number of aromatic nitrogens is 12. The average Bonchev–Trinajstić information content (AvgIpc) is 1.58. The van der Waals surface area contributed by atoms with Crippen molar-refractivity contribution in [1.29, 1.82) is 10.5 Å². The van der Waals surface area contributed by atoms with Crippen molar-refractivity contribution in [3.05, 3.63) is 477 Å². The molecule has 0 saturated carbocycles. The summed E-state index contributed by atoms with van der Waals surface area (Å²) in [5.41, 5.74) is 21.3. The normalized spacial score (nSPS) is 9.81. The smallest absolute Gasteiger partial charge is 0.871 e. The van der Waals surface area contributed by atoms with Crippen molar-refractivity contribution in [3.63, 3.8) is 0 Å². The van der Waals surface area contributed by atoms with E-state index in [9.17, 15) is 0 Å². The molecule has 6 aromatic heterocycles. The molecule has 46 heteroatoms. The van der Waals surface area contributed by atoms with Gasteiger partial charge in [-0.2, -0.15) is 10.5 Å². The second-order valence-electron chi connectivity index (χ2n) is 29.6. The van der Waals surface area contributed by atoms with Crippen LogP contribution in [0.1, 0.15) is 47.2 Å². The first-order valence-electron chi connectivity index (χ1n) is 41.8. The Morgan fingerprint density at radius 2 is 0.342 bits per heavy atom. The largest absolute Gasteiger partial charge is 2.00 e. The minimum absolute atomic E-state index is 0. The Labute approximate surface area is 870 Å². The van der Waals surface area contributed by atoms with Gasteiger partial charge in [0.1, 0.15) is 34.9 Å². The molecule has 4 radical (unpaired) electrons. The van der Waals surface area contributed by atoms with Crippen LogP contribution in [0.5, 0.6) is 11.5 Å². The van der Waals surface area contributed by atoms with E-state index >= 15 is 10.2 Å². The van der Waals surface area contributed by atoms with E-state index < -0.39 is 30.5 Å². The number of nitrogens with zero attached hydrogens (tertiary/aromatic N) is 20. The van der Waals surface area contributed by atoms with Crippen molar-refractivity contribution in [2.75, 3.05) is 0 Å². The van der Waals surface area contributed by atoms with E-state index in [2.05, 4.69) is 161 Å². The molecule has 0 aliphatic carbocycles. The van der Waals surface area contributed by atoms with Crippen LogP contribution in [0, 0.1) is 115 Å². The van der Waals surface area contributed by atoms with Gasteiger partial charge in [-0.1, -0.05) is 266 Å². The fraction of sp³-hybridized carbons (Fsp3) is 0.0800. The van der Waals surface area contributed by atoms with Crippen LogP contribution in [-0.4, -0.2) is 87.8 Å². The molecule has 6 N–H and O–H groups in total. The molecule has 20 aromatic rings. The van der Waals surface area contributed by atoms with E-state index in [1.54, 1.807) is 12.1 Å². The minimum Gasteiger partial charge on any atom is -0.871 e. The first-order valence-corrected chi connectivity index (χ1v) is 41.8. The van der Waals surface area contributed by atoms with Gasteiger partial charge in [0, 0.05) is 86.5 Å². The van der Waals surface area contributed by atoms with Crippen LogP contribution in [0.3, 0.4) is 0 Å². The molecule has 0 aliphatic heterocycles. The number of benzene rings is 14. The van der Waals surface area contributed by atoms with Crippen molar-refractivity contribution >= 4 is 66.2 Å². The summed E-state index contributed by atoms with van der Waals surface area (Å²) in [7, 11) is 0. The average molecular weight is 2170 g/mol. The van der Waals surface area contributed by atoms with E-state index in [0.29, 0.717) is 84.8 Å². The molecule has 20 rings (SSSR count). The molecular weight excluding hydrogens is 2090 g/mol. The zero-order valence-corrected chi connectivity index (χ0v) is 80.0. The van der Waals surface area contributed by atoms with Crippen LogP contribution < -0.4 is 10.2 Å². The Morgan fingerprint density at radius 3 is 0.486 bits per heavy atom. The Kier molecular flexibility index (Phi) is 47.0. The van der Waals surface area contributed by atoms with Crippen molar-refractivity contribution in [2.24, 2.45) is 0 Å². The summed E-state index contributed by atoms with van der Waals surface area (Å²) >= 11 is 0. The fourth-order valence-corrected chi connectivity index (χ4v) is 15.5. The van der Waals surface area contributed by atoms with E-state index in [1.807, 2.05) is 218 Å². The summed E-state index contributed by atoms with van der Waals surface area (Å²) in [5.74, 6) is 3.69. The summed E-state index contributed by atoms with van der Waals surface area (Å²) in [4.78, 5) is 80.7. The number of fused-ring (bicyclic) bond motifs is 6. The second kappa shape index (κ2) is 58.0. The molecule has 14 aromatic carbocycles. The zero-order valence-electron chi connectivity index (χ0n) is 76.2. The maximum absolute atomic E-state index is 15.3. The molecule has 0 spiro atoms. The molecule has 0 atom stereocenters. The molecule has 0 saturated heterocycles. The van der Waals surface area contributed by atoms with Gasteiger partial charge in [0.25, 0.3) is 0 Å². The third kappa shape index (κ3) is 31.8. The molecule has 146 heavy (non-hydrogen) atoms. The second-order valence-corrected chi connectivity index (χ2v) is 29.6. The van der Waals surface area contributed by atoms with Crippen molar-refractivity contribution in [1.82, 2.24) is 57.3 Å². The number of para-hydroxylation sites is 12. The molecule has 756 valence electrons. The van der Waals surface area contributed by atoms with Gasteiger partial charge in [-0.15, -0.1) is 0 Å². The molecule has 6 heterocycles. The van der Waals surface area contributed by atoms with Crippen LogP contribution in [0.4, 0.5) is 0 Å². The number of imidazole rings is 6. The van der Waals surface area contributed by atoms with Gasteiger partial charge >= 0.3 is 68.3 Å². The number of hydrogen-bond donors (Lipinski definition) is 0. The number of rotatable bonds is 18. The van der Waals surface area contributed by atoms with Gasteiger partial charge in [0.2, 0.25) is 0 Å². The van der Waals surface area contributed by atoms with E-state index in [0.717, 1.165) is 122 Å². The van der Waals surface area contributed by atoms with Crippen LogP contribution >= 0.6 is 0 Å². The molecule has 0 aliphatic rings. The maximum Gasteiger partial charge on any atom is 2.00 e. The summed E-state index contributed by atoms with van der Waals surface area (Å²) < 4.78 is 13.1. The standard InChI is InChI=1S/2C48H36N6O.2C2H3N.4Cu.6NO3.2H2O/c2*55-45-37(47-50-40-23-11-14-26-43(40)53(47)31-34-18-6-2-7-19-34)28-36(46-49-39-22-10-13-25-42(39)52(46)30-33-16-4-1-5-17-33)29-38(45)48-51-41-24-12-15-27-44(41)54(48)32-35-20-8-3-9-21-35;2*1-2-3;;;;;6*2-1(3)4;;/h2*1-29,55H,30-32H2;2*1H3;;;;;;;;;;;2*1H2/q;;;;4*+2;6*-1;;. The number of hydrogen-bond acceptors (Lipinski definition) is 28. The quantitative estimate of drug-likeness (QED) is 0.0333. The molecule has 0 fully saturated rings. The van der Waals surface area contributed by atoms with E-state index in [-0.39, 0.29) is 90.7 Å². The SMILES string of the molecule is CC#N.CC#N.O=[N+]([O-])[O-].O=[N+]([O-])[O-].O=[N+]([O-])[O-].O=[N+]([O-])[O-].O=[N+]([O-])[O-].O=[N+]([O-])[O-].[Cu+2].[Cu+2].[Cu+2].[Cu+2].[O-]c1c(-c2nc3ccccc3n2Cc2ccccc2)cc(-c2nc3ccccc3n2Cc2ccccc2)cc1-c1nc2ccccc2n1Cc1ccccc1.[O-]c1c(-c2nc3ccccc3n2Cc2ccccc2)cc(-c2nc3ccccc3n2Cc2ccccc2)cc1-c1nc2ccccc2n1Cc1ccccc1.[OH3+].[OH3+]. The van der Waals surface area contributed by atoms with Crippen LogP contribution in [0.15, 0.2) is 352 Å². The third-order valence-electron chi connectivity index (χ3n) is 20.7. The van der Waals surface area contributed by atoms with Crippen LogP contribution in [0.25, 0.3) is 135 Å². The van der Waals surface area contributed by atoms with Crippen molar-refractivity contribution < 1.29 is 120 Å². The summed E-state index contributed by atoms with van der Waals surface area (Å²) in [5, 5.41) is 134. The zero-order chi connectivity index (χ0) is 100. The Morgan fingerprint density at radius 1 is 0.226 bits per heavy atom. The molecule has 0 unspecified atom stereocenters. The Hall–Kier alpha value is -18.3. The van der Waals surface area contributed by atoms with Gasteiger partial charge in [-0.05, 0) is 130 Å². The Balaban J connectivity index is 0.000000390.